The summed E-state index contributed by atoms with van der Waals surface area (Å²) >= 11 is 1.67. The van der Waals surface area contributed by atoms with Gasteiger partial charge in [-0.3, -0.25) is 0 Å². The van der Waals surface area contributed by atoms with Gasteiger partial charge in [0.2, 0.25) is 0 Å². The van der Waals surface area contributed by atoms with Gasteiger partial charge in [0.25, 0.3) is 0 Å². The maximum absolute atomic E-state index is 5.61. The molecule has 2 fully saturated rings. The van der Waals surface area contributed by atoms with Crippen LogP contribution in [0.25, 0.3) is 10.2 Å². The second-order valence-corrected chi connectivity index (χ2v) is 5.23. The minimum atomic E-state index is 0.411. The van der Waals surface area contributed by atoms with E-state index in [1.807, 2.05) is 0 Å². The van der Waals surface area contributed by atoms with Gasteiger partial charge in [0.15, 0.2) is 0 Å². The standard InChI is InChI=1S/C11H11N3OS/c1-2-16-11-9(1)10(12-6-13-11)14-4-8-3-7(14)5-15-8/h1-2,6-8H,3-5H2/t7-,8+/m0/s1. The van der Waals surface area contributed by atoms with E-state index < -0.39 is 0 Å². The predicted molar refractivity (Wildman–Crippen MR) is 62.9 cm³/mol. The molecule has 0 radical (unpaired) electrons. The van der Waals surface area contributed by atoms with Gasteiger partial charge in [0.05, 0.1) is 24.1 Å². The van der Waals surface area contributed by atoms with Crippen LogP contribution in [0.15, 0.2) is 17.8 Å². The number of hydrogen-bond acceptors (Lipinski definition) is 5. The van der Waals surface area contributed by atoms with Crippen molar-refractivity contribution < 1.29 is 4.74 Å². The monoisotopic (exact) mass is 233 g/mol. The van der Waals surface area contributed by atoms with Gasteiger partial charge in [0, 0.05) is 6.54 Å². The van der Waals surface area contributed by atoms with Crippen molar-refractivity contribution in [2.45, 2.75) is 18.6 Å². The molecule has 2 atom stereocenters. The first-order valence-corrected chi connectivity index (χ1v) is 6.36. The number of aromatic nitrogens is 2. The highest BCUT2D eigenvalue weighted by Gasteiger charge is 2.40. The molecule has 4 heterocycles. The maximum atomic E-state index is 5.61. The fourth-order valence-electron chi connectivity index (χ4n) is 2.66. The van der Waals surface area contributed by atoms with Crippen molar-refractivity contribution in [3.63, 3.8) is 0 Å². The topological polar surface area (TPSA) is 38.2 Å². The molecule has 82 valence electrons. The average molecular weight is 233 g/mol. The van der Waals surface area contributed by atoms with Gasteiger partial charge >= 0.3 is 0 Å². The molecule has 0 N–H and O–H groups in total. The summed E-state index contributed by atoms with van der Waals surface area (Å²) in [6, 6.07) is 2.63. The van der Waals surface area contributed by atoms with Crippen LogP contribution in [0.4, 0.5) is 5.82 Å². The predicted octanol–water partition coefficient (Wildman–Crippen LogP) is 1.67. The first-order chi connectivity index (χ1) is 7.92. The lowest BCUT2D eigenvalue weighted by Crippen LogP contribution is -2.37. The SMILES string of the molecule is c1nc(N2C[C@H]3C[C@H]2CO3)c2ccsc2n1. The van der Waals surface area contributed by atoms with Crippen LogP contribution in [-0.2, 0) is 4.74 Å². The zero-order valence-corrected chi connectivity index (χ0v) is 9.48. The number of rotatable bonds is 1. The van der Waals surface area contributed by atoms with Crippen molar-refractivity contribution in [2.75, 3.05) is 18.1 Å². The fraction of sp³-hybridized carbons (Fsp3) is 0.455. The van der Waals surface area contributed by atoms with Crippen LogP contribution in [-0.4, -0.2) is 35.3 Å². The van der Waals surface area contributed by atoms with Crippen molar-refractivity contribution in [2.24, 2.45) is 0 Å². The third-order valence-corrected chi connectivity index (χ3v) is 4.23. The average Bonchev–Trinajstić information content (AvgIpc) is 3.03. The van der Waals surface area contributed by atoms with Crippen LogP contribution in [0.1, 0.15) is 6.42 Å². The molecular weight excluding hydrogens is 222 g/mol. The van der Waals surface area contributed by atoms with Gasteiger partial charge < -0.3 is 9.64 Å². The quantitative estimate of drug-likeness (QED) is 0.751. The zero-order chi connectivity index (χ0) is 10.5. The second kappa shape index (κ2) is 3.15. The molecule has 2 saturated heterocycles. The van der Waals surface area contributed by atoms with Gasteiger partial charge in [0.1, 0.15) is 17.0 Å². The Hall–Kier alpha value is -1.20. The van der Waals surface area contributed by atoms with E-state index in [1.54, 1.807) is 17.7 Å². The lowest BCUT2D eigenvalue weighted by Gasteiger charge is -2.28. The highest BCUT2D eigenvalue weighted by molar-refractivity contribution is 7.16. The van der Waals surface area contributed by atoms with E-state index in [-0.39, 0.29) is 0 Å². The largest absolute Gasteiger partial charge is 0.374 e. The van der Waals surface area contributed by atoms with Crippen LogP contribution in [0.3, 0.4) is 0 Å². The van der Waals surface area contributed by atoms with Crippen molar-refractivity contribution in [1.29, 1.82) is 0 Å². The Morgan fingerprint density at radius 3 is 3.25 bits per heavy atom. The number of nitrogens with zero attached hydrogens (tertiary/aromatic N) is 3. The van der Waals surface area contributed by atoms with E-state index in [9.17, 15) is 0 Å². The lowest BCUT2D eigenvalue weighted by atomic mass is 10.2. The third-order valence-electron chi connectivity index (χ3n) is 3.41. The van der Waals surface area contributed by atoms with E-state index in [0.717, 1.165) is 30.2 Å². The van der Waals surface area contributed by atoms with Gasteiger partial charge in [-0.25, -0.2) is 9.97 Å². The molecule has 5 heteroatoms. The number of hydrogen-bond donors (Lipinski definition) is 0. The van der Waals surface area contributed by atoms with Gasteiger partial charge in [-0.1, -0.05) is 0 Å². The molecule has 2 aromatic heterocycles. The molecular formula is C11H11N3OS. The molecule has 0 aliphatic carbocycles. The number of ether oxygens (including phenoxy) is 1. The van der Waals surface area contributed by atoms with Crippen LogP contribution in [0.5, 0.6) is 0 Å². The summed E-state index contributed by atoms with van der Waals surface area (Å²) in [6.45, 7) is 1.83. The van der Waals surface area contributed by atoms with E-state index in [0.29, 0.717) is 12.1 Å². The van der Waals surface area contributed by atoms with Gasteiger partial charge in [-0.15, -0.1) is 11.3 Å². The number of anilines is 1. The van der Waals surface area contributed by atoms with E-state index in [1.165, 1.54) is 5.39 Å². The van der Waals surface area contributed by atoms with E-state index >= 15 is 0 Å². The smallest absolute Gasteiger partial charge is 0.141 e. The molecule has 0 saturated carbocycles. The molecule has 0 aromatic carbocycles. The summed E-state index contributed by atoms with van der Waals surface area (Å²) < 4.78 is 5.61. The lowest BCUT2D eigenvalue weighted by molar-refractivity contribution is 0.0990. The minimum Gasteiger partial charge on any atom is -0.374 e. The zero-order valence-electron chi connectivity index (χ0n) is 8.67. The Kier molecular flexibility index (Phi) is 1.75. The summed E-state index contributed by atoms with van der Waals surface area (Å²) in [5, 5.41) is 3.26. The number of thiophene rings is 1. The van der Waals surface area contributed by atoms with Gasteiger partial charge in [-0.05, 0) is 17.9 Å². The molecule has 0 amide bonds. The normalized spacial score (nSPS) is 28.1. The minimum absolute atomic E-state index is 0.411. The first kappa shape index (κ1) is 8.90. The Morgan fingerprint density at radius 1 is 1.44 bits per heavy atom. The summed E-state index contributed by atoms with van der Waals surface area (Å²) in [5.41, 5.74) is 0. The van der Waals surface area contributed by atoms with Crippen molar-refractivity contribution in [3.05, 3.63) is 17.8 Å². The molecule has 4 nitrogen and oxygen atoms in total. The van der Waals surface area contributed by atoms with Crippen LogP contribution < -0.4 is 4.90 Å². The Balaban J connectivity index is 1.84. The van der Waals surface area contributed by atoms with Crippen molar-refractivity contribution >= 4 is 27.4 Å². The number of morpholine rings is 1. The van der Waals surface area contributed by atoms with E-state index in [4.69, 9.17) is 4.74 Å². The third kappa shape index (κ3) is 1.13. The van der Waals surface area contributed by atoms with Gasteiger partial charge in [-0.2, -0.15) is 0 Å². The van der Waals surface area contributed by atoms with Crippen LogP contribution in [0.2, 0.25) is 0 Å². The summed E-state index contributed by atoms with van der Waals surface area (Å²) in [4.78, 5) is 12.2. The molecule has 2 aliphatic heterocycles. The van der Waals surface area contributed by atoms with E-state index in [2.05, 4.69) is 26.3 Å². The molecule has 4 rings (SSSR count). The maximum Gasteiger partial charge on any atom is 0.141 e. The highest BCUT2D eigenvalue weighted by Crippen LogP contribution is 2.35. The Morgan fingerprint density at radius 2 is 2.44 bits per heavy atom. The molecule has 2 aliphatic rings. The molecule has 2 bridgehead atoms. The summed E-state index contributed by atoms with van der Waals surface area (Å²) in [7, 11) is 0. The van der Waals surface area contributed by atoms with Crippen LogP contribution in [0, 0.1) is 0 Å². The molecule has 16 heavy (non-hydrogen) atoms. The Labute approximate surface area is 96.9 Å². The summed E-state index contributed by atoms with van der Waals surface area (Å²) in [6.07, 6.45) is 3.23. The highest BCUT2D eigenvalue weighted by atomic mass is 32.1. The van der Waals surface area contributed by atoms with Crippen molar-refractivity contribution in [1.82, 2.24) is 9.97 Å². The summed E-state index contributed by atoms with van der Waals surface area (Å²) in [5.74, 6) is 1.09. The fourth-order valence-corrected chi connectivity index (χ4v) is 3.39. The Bertz CT molecular complexity index is 541. The molecule has 2 aromatic rings. The molecule has 0 unspecified atom stereocenters. The first-order valence-electron chi connectivity index (χ1n) is 5.48. The second-order valence-electron chi connectivity index (χ2n) is 4.33. The number of fused-ring (bicyclic) bond motifs is 3. The van der Waals surface area contributed by atoms with Crippen molar-refractivity contribution in [3.8, 4) is 0 Å². The van der Waals surface area contributed by atoms with Crippen LogP contribution >= 0.6 is 11.3 Å². The molecule has 0 spiro atoms.